The first kappa shape index (κ1) is 14.8. The monoisotopic (exact) mass is 298 g/mol. The molecule has 110 valence electrons. The molecule has 0 radical (unpaired) electrons. The van der Waals surface area contributed by atoms with E-state index in [0.29, 0.717) is 31.0 Å². The first-order chi connectivity index (χ1) is 9.48. The molecule has 1 aliphatic heterocycles. The maximum Gasteiger partial charge on any atom is 0.243 e. The highest BCUT2D eigenvalue weighted by Crippen LogP contribution is 2.23. The van der Waals surface area contributed by atoms with E-state index in [9.17, 15) is 8.42 Å². The van der Waals surface area contributed by atoms with Crippen LogP contribution in [0.15, 0.2) is 34.3 Å². The first-order valence-electron chi connectivity index (χ1n) is 6.34. The Bertz CT molecular complexity index is 595. The number of benzene rings is 1. The minimum atomic E-state index is -3.51. The summed E-state index contributed by atoms with van der Waals surface area (Å²) in [6.45, 7) is 2.51. The van der Waals surface area contributed by atoms with Crippen molar-refractivity contribution in [3.63, 3.8) is 0 Å². The van der Waals surface area contributed by atoms with Gasteiger partial charge >= 0.3 is 0 Å². The first-order valence-corrected chi connectivity index (χ1v) is 7.78. The van der Waals surface area contributed by atoms with Crippen LogP contribution in [0, 0.1) is 5.92 Å². The Morgan fingerprint density at radius 3 is 2.50 bits per heavy atom. The van der Waals surface area contributed by atoms with Crippen molar-refractivity contribution in [3.8, 4) is 5.75 Å². The number of ether oxygens (including phenoxy) is 1. The highest BCUT2D eigenvalue weighted by Gasteiger charge is 2.31. The molecule has 20 heavy (non-hydrogen) atoms. The van der Waals surface area contributed by atoms with Crippen LogP contribution in [-0.2, 0) is 10.0 Å². The van der Waals surface area contributed by atoms with E-state index >= 15 is 0 Å². The largest absolute Gasteiger partial charge is 0.497 e. The summed E-state index contributed by atoms with van der Waals surface area (Å²) in [6, 6.07) is 6.32. The van der Waals surface area contributed by atoms with Gasteiger partial charge in [0.25, 0.3) is 0 Å². The lowest BCUT2D eigenvalue weighted by atomic mass is 10.00. The van der Waals surface area contributed by atoms with Crippen LogP contribution in [0.5, 0.6) is 5.75 Å². The number of rotatable bonds is 3. The molecular formula is C13H18N2O4S. The molecular weight excluding hydrogens is 280 g/mol. The van der Waals surface area contributed by atoms with Gasteiger partial charge in [0.1, 0.15) is 5.75 Å². The summed E-state index contributed by atoms with van der Waals surface area (Å²) in [6.07, 6.45) is 0.451. The minimum absolute atomic E-state index is 0.0817. The summed E-state index contributed by atoms with van der Waals surface area (Å²) in [5.74, 6) is 0.535. The molecule has 1 heterocycles. The van der Waals surface area contributed by atoms with Gasteiger partial charge in [-0.15, -0.1) is 0 Å². The molecule has 1 saturated heterocycles. The SMILES string of the molecule is COc1ccc(S(=O)(=O)N2CC/C(=N/O)C(C)C2)cc1. The minimum Gasteiger partial charge on any atom is -0.497 e. The third-order valence-electron chi connectivity index (χ3n) is 3.49. The van der Waals surface area contributed by atoms with Crippen molar-refractivity contribution >= 4 is 15.7 Å². The fourth-order valence-electron chi connectivity index (χ4n) is 2.25. The van der Waals surface area contributed by atoms with E-state index in [2.05, 4.69) is 5.16 Å². The maximum absolute atomic E-state index is 12.5. The van der Waals surface area contributed by atoms with Crippen molar-refractivity contribution < 1.29 is 18.4 Å². The van der Waals surface area contributed by atoms with Gasteiger partial charge in [-0.1, -0.05) is 12.1 Å². The molecule has 7 heteroatoms. The number of methoxy groups -OCH3 is 1. The molecule has 1 atom stereocenters. The number of nitrogens with zero attached hydrogens (tertiary/aromatic N) is 2. The Balaban J connectivity index is 2.22. The maximum atomic E-state index is 12.5. The van der Waals surface area contributed by atoms with Crippen molar-refractivity contribution in [2.75, 3.05) is 20.2 Å². The summed E-state index contributed by atoms with van der Waals surface area (Å²) in [7, 11) is -1.98. The van der Waals surface area contributed by atoms with E-state index in [1.165, 1.54) is 23.5 Å². The number of oxime groups is 1. The highest BCUT2D eigenvalue weighted by molar-refractivity contribution is 7.89. The zero-order valence-electron chi connectivity index (χ0n) is 11.5. The number of piperidine rings is 1. The predicted molar refractivity (Wildman–Crippen MR) is 74.8 cm³/mol. The Hall–Kier alpha value is -1.60. The molecule has 1 aromatic carbocycles. The van der Waals surface area contributed by atoms with E-state index in [4.69, 9.17) is 9.94 Å². The molecule has 1 aromatic rings. The summed E-state index contributed by atoms with van der Waals surface area (Å²) in [5, 5.41) is 12.1. The Labute approximate surface area is 118 Å². The quantitative estimate of drug-likeness (QED) is 0.678. The number of hydrogen-bond acceptors (Lipinski definition) is 5. The molecule has 2 rings (SSSR count). The van der Waals surface area contributed by atoms with Crippen LogP contribution in [0.1, 0.15) is 13.3 Å². The second kappa shape index (κ2) is 5.80. The molecule has 6 nitrogen and oxygen atoms in total. The topological polar surface area (TPSA) is 79.2 Å². The number of hydrogen-bond donors (Lipinski definition) is 1. The van der Waals surface area contributed by atoms with E-state index < -0.39 is 10.0 Å². The number of sulfonamides is 1. The normalized spacial score (nSPS) is 22.9. The predicted octanol–water partition coefficient (Wildman–Crippen LogP) is 1.56. The van der Waals surface area contributed by atoms with Crippen molar-refractivity contribution in [3.05, 3.63) is 24.3 Å². The lowest BCUT2D eigenvalue weighted by Crippen LogP contribution is -2.43. The summed E-state index contributed by atoms with van der Waals surface area (Å²) >= 11 is 0. The van der Waals surface area contributed by atoms with Crippen molar-refractivity contribution in [2.45, 2.75) is 18.2 Å². The average Bonchev–Trinajstić information content (AvgIpc) is 2.47. The summed E-state index contributed by atoms with van der Waals surface area (Å²) in [4.78, 5) is 0.245. The Kier molecular flexibility index (Phi) is 4.29. The molecule has 0 aromatic heterocycles. The fraction of sp³-hybridized carbons (Fsp3) is 0.462. The van der Waals surface area contributed by atoms with E-state index in [0.717, 1.165) is 0 Å². The van der Waals surface area contributed by atoms with Gasteiger partial charge in [-0.3, -0.25) is 0 Å². The third kappa shape index (κ3) is 2.78. The van der Waals surface area contributed by atoms with Crippen LogP contribution in [0.3, 0.4) is 0 Å². The molecule has 1 fully saturated rings. The summed E-state index contributed by atoms with van der Waals surface area (Å²) in [5.41, 5.74) is 0.645. The van der Waals surface area contributed by atoms with Crippen molar-refractivity contribution in [1.29, 1.82) is 0 Å². The van der Waals surface area contributed by atoms with Gasteiger partial charge in [-0.05, 0) is 24.3 Å². The average molecular weight is 298 g/mol. The molecule has 1 aliphatic rings. The van der Waals surface area contributed by atoms with Crippen LogP contribution >= 0.6 is 0 Å². The zero-order chi connectivity index (χ0) is 14.8. The van der Waals surface area contributed by atoms with E-state index in [1.54, 1.807) is 12.1 Å². The van der Waals surface area contributed by atoms with Crippen LogP contribution in [0.2, 0.25) is 0 Å². The van der Waals surface area contributed by atoms with Gasteiger partial charge in [0.15, 0.2) is 0 Å². The van der Waals surface area contributed by atoms with Crippen LogP contribution in [-0.4, -0.2) is 43.8 Å². The van der Waals surface area contributed by atoms with Gasteiger partial charge in [0.2, 0.25) is 10.0 Å². The molecule has 0 bridgehead atoms. The lowest BCUT2D eigenvalue weighted by molar-refractivity contribution is 0.300. The second-order valence-corrected chi connectivity index (χ2v) is 6.72. The molecule has 0 spiro atoms. The van der Waals surface area contributed by atoms with Crippen LogP contribution < -0.4 is 4.74 Å². The Morgan fingerprint density at radius 2 is 2.00 bits per heavy atom. The smallest absolute Gasteiger partial charge is 0.243 e. The van der Waals surface area contributed by atoms with Gasteiger partial charge in [-0.25, -0.2) is 8.42 Å². The van der Waals surface area contributed by atoms with Gasteiger partial charge < -0.3 is 9.94 Å². The van der Waals surface area contributed by atoms with Gasteiger partial charge in [-0.2, -0.15) is 4.31 Å². The molecule has 0 amide bonds. The third-order valence-corrected chi connectivity index (χ3v) is 5.37. The van der Waals surface area contributed by atoms with Crippen molar-refractivity contribution in [1.82, 2.24) is 4.31 Å². The molecule has 1 unspecified atom stereocenters. The van der Waals surface area contributed by atoms with E-state index in [1.807, 2.05) is 6.92 Å². The molecule has 0 aliphatic carbocycles. The van der Waals surface area contributed by atoms with E-state index in [-0.39, 0.29) is 10.8 Å². The van der Waals surface area contributed by atoms with Gasteiger partial charge in [0.05, 0.1) is 17.7 Å². The fourth-order valence-corrected chi connectivity index (χ4v) is 3.78. The summed E-state index contributed by atoms with van der Waals surface area (Å²) < 4.78 is 31.5. The van der Waals surface area contributed by atoms with Crippen LogP contribution in [0.25, 0.3) is 0 Å². The highest BCUT2D eigenvalue weighted by atomic mass is 32.2. The van der Waals surface area contributed by atoms with Gasteiger partial charge in [0, 0.05) is 25.4 Å². The molecule has 0 saturated carbocycles. The Morgan fingerprint density at radius 1 is 1.35 bits per heavy atom. The standard InChI is InChI=1S/C13H18N2O4S/c1-10-9-15(8-7-13(10)14-16)20(17,18)12-5-3-11(19-2)4-6-12/h3-6,10,16H,7-9H2,1-2H3/b14-13-. The van der Waals surface area contributed by atoms with Crippen molar-refractivity contribution in [2.24, 2.45) is 11.1 Å². The molecule has 1 N–H and O–H groups in total. The zero-order valence-corrected chi connectivity index (χ0v) is 12.3. The second-order valence-electron chi connectivity index (χ2n) is 4.78. The lowest BCUT2D eigenvalue weighted by Gasteiger charge is -2.30. The van der Waals surface area contributed by atoms with Crippen LogP contribution in [0.4, 0.5) is 0 Å².